The molecule has 1 unspecified atom stereocenters. The lowest BCUT2D eigenvalue weighted by molar-refractivity contribution is 0.314. The molecule has 0 spiro atoms. The number of rotatable bonds is 4. The van der Waals surface area contributed by atoms with Crippen LogP contribution in [-0.2, 0) is 0 Å². The van der Waals surface area contributed by atoms with Gasteiger partial charge in [0.15, 0.2) is 0 Å². The smallest absolute Gasteiger partial charge is 0.0325 e. The fourth-order valence-electron chi connectivity index (χ4n) is 2.05. The largest absolute Gasteiger partial charge is 0.310 e. The van der Waals surface area contributed by atoms with Crippen molar-refractivity contribution < 1.29 is 0 Å². The molecule has 0 aliphatic carbocycles. The van der Waals surface area contributed by atoms with Crippen LogP contribution in [0.4, 0.5) is 0 Å². The number of hydrogen-bond donors (Lipinski definition) is 1. The second-order valence-corrected chi connectivity index (χ2v) is 5.79. The van der Waals surface area contributed by atoms with Gasteiger partial charge in [-0.1, -0.05) is 57.5 Å². The van der Waals surface area contributed by atoms with Gasteiger partial charge in [0.1, 0.15) is 0 Å². The standard InChI is InChI=1S/C15H25N/c1-6-16-14(11-15(3,4)5)13-9-7-8-12(2)10-13/h7-10,14,16H,6,11H2,1-5H3. The van der Waals surface area contributed by atoms with Crippen molar-refractivity contribution in [2.24, 2.45) is 5.41 Å². The summed E-state index contributed by atoms with van der Waals surface area (Å²) in [5.74, 6) is 0. The molecule has 0 aliphatic rings. The monoisotopic (exact) mass is 219 g/mol. The van der Waals surface area contributed by atoms with Crippen LogP contribution in [0.3, 0.4) is 0 Å². The Labute approximate surface area is 100 Å². The average molecular weight is 219 g/mol. The molecular weight excluding hydrogens is 194 g/mol. The maximum atomic E-state index is 3.58. The van der Waals surface area contributed by atoms with Crippen molar-refractivity contribution in [2.45, 2.75) is 47.1 Å². The topological polar surface area (TPSA) is 12.0 Å². The molecule has 1 aromatic carbocycles. The van der Waals surface area contributed by atoms with Crippen molar-refractivity contribution in [2.75, 3.05) is 6.54 Å². The van der Waals surface area contributed by atoms with Gasteiger partial charge in [0.05, 0.1) is 0 Å². The maximum Gasteiger partial charge on any atom is 0.0325 e. The fraction of sp³-hybridized carbons (Fsp3) is 0.600. The molecule has 1 rings (SSSR count). The molecule has 0 bridgehead atoms. The van der Waals surface area contributed by atoms with Gasteiger partial charge in [0.25, 0.3) is 0 Å². The highest BCUT2D eigenvalue weighted by molar-refractivity contribution is 5.25. The predicted octanol–water partition coefficient (Wildman–Crippen LogP) is 4.08. The molecule has 1 atom stereocenters. The molecule has 1 nitrogen and oxygen atoms in total. The third-order valence-corrected chi connectivity index (χ3v) is 2.71. The molecule has 0 heterocycles. The van der Waals surface area contributed by atoms with Gasteiger partial charge in [0, 0.05) is 6.04 Å². The number of benzene rings is 1. The van der Waals surface area contributed by atoms with Crippen LogP contribution in [0.5, 0.6) is 0 Å². The van der Waals surface area contributed by atoms with Crippen LogP contribution in [-0.4, -0.2) is 6.54 Å². The molecule has 0 amide bonds. The third-order valence-electron chi connectivity index (χ3n) is 2.71. The van der Waals surface area contributed by atoms with Crippen LogP contribution in [0.1, 0.15) is 51.3 Å². The zero-order valence-corrected chi connectivity index (χ0v) is 11.3. The van der Waals surface area contributed by atoms with E-state index in [1.54, 1.807) is 0 Å². The first-order chi connectivity index (χ1) is 7.42. The van der Waals surface area contributed by atoms with Crippen molar-refractivity contribution in [3.05, 3.63) is 35.4 Å². The Bertz CT molecular complexity index is 322. The Morgan fingerprint density at radius 3 is 2.44 bits per heavy atom. The van der Waals surface area contributed by atoms with Gasteiger partial charge in [-0.25, -0.2) is 0 Å². The summed E-state index contributed by atoms with van der Waals surface area (Å²) < 4.78 is 0. The number of hydrogen-bond acceptors (Lipinski definition) is 1. The second kappa shape index (κ2) is 5.49. The van der Waals surface area contributed by atoms with Crippen LogP contribution in [0.2, 0.25) is 0 Å². The summed E-state index contributed by atoms with van der Waals surface area (Å²) in [6.07, 6.45) is 1.17. The van der Waals surface area contributed by atoms with E-state index in [1.807, 2.05) is 0 Å². The summed E-state index contributed by atoms with van der Waals surface area (Å²) in [6, 6.07) is 9.30. The van der Waals surface area contributed by atoms with Gasteiger partial charge < -0.3 is 5.32 Å². The Morgan fingerprint density at radius 1 is 1.25 bits per heavy atom. The van der Waals surface area contributed by atoms with E-state index in [4.69, 9.17) is 0 Å². The summed E-state index contributed by atoms with van der Waals surface area (Å²) in [6.45, 7) is 12.2. The summed E-state index contributed by atoms with van der Waals surface area (Å²) in [5, 5.41) is 3.58. The molecule has 1 N–H and O–H groups in total. The molecule has 1 aromatic rings. The molecule has 0 fully saturated rings. The highest BCUT2D eigenvalue weighted by Gasteiger charge is 2.19. The number of aryl methyl sites for hydroxylation is 1. The van der Waals surface area contributed by atoms with Crippen molar-refractivity contribution in [1.29, 1.82) is 0 Å². The zero-order valence-electron chi connectivity index (χ0n) is 11.3. The lowest BCUT2D eigenvalue weighted by atomic mass is 9.85. The molecule has 90 valence electrons. The van der Waals surface area contributed by atoms with E-state index in [1.165, 1.54) is 17.5 Å². The Kier molecular flexibility index (Phi) is 4.55. The molecule has 16 heavy (non-hydrogen) atoms. The Hall–Kier alpha value is -0.820. The molecule has 0 saturated heterocycles. The number of nitrogens with one attached hydrogen (secondary N) is 1. The van der Waals surface area contributed by atoms with Gasteiger partial charge in [-0.15, -0.1) is 0 Å². The quantitative estimate of drug-likeness (QED) is 0.804. The fourth-order valence-corrected chi connectivity index (χ4v) is 2.05. The van der Waals surface area contributed by atoms with Crippen LogP contribution >= 0.6 is 0 Å². The molecule has 1 heteroatoms. The van der Waals surface area contributed by atoms with Gasteiger partial charge >= 0.3 is 0 Å². The molecule has 0 aliphatic heterocycles. The predicted molar refractivity (Wildman–Crippen MR) is 71.7 cm³/mol. The van der Waals surface area contributed by atoms with Crippen molar-refractivity contribution in [3.63, 3.8) is 0 Å². The minimum Gasteiger partial charge on any atom is -0.310 e. The molecule has 0 radical (unpaired) electrons. The van der Waals surface area contributed by atoms with E-state index in [-0.39, 0.29) is 0 Å². The summed E-state index contributed by atoms with van der Waals surface area (Å²) in [7, 11) is 0. The average Bonchev–Trinajstić information content (AvgIpc) is 2.15. The lowest BCUT2D eigenvalue weighted by Crippen LogP contribution is -2.25. The Balaban J connectivity index is 2.85. The first-order valence-corrected chi connectivity index (χ1v) is 6.22. The highest BCUT2D eigenvalue weighted by Crippen LogP contribution is 2.29. The van der Waals surface area contributed by atoms with Crippen LogP contribution in [0.25, 0.3) is 0 Å². The normalized spacial score (nSPS) is 13.8. The van der Waals surface area contributed by atoms with Crippen molar-refractivity contribution in [1.82, 2.24) is 5.32 Å². The van der Waals surface area contributed by atoms with E-state index in [9.17, 15) is 0 Å². The summed E-state index contributed by atoms with van der Waals surface area (Å²) in [4.78, 5) is 0. The molecule has 0 aromatic heterocycles. The van der Waals surface area contributed by atoms with Crippen molar-refractivity contribution >= 4 is 0 Å². The zero-order chi connectivity index (χ0) is 12.2. The lowest BCUT2D eigenvalue weighted by Gasteiger charge is -2.27. The Morgan fingerprint density at radius 2 is 1.94 bits per heavy atom. The minimum absolute atomic E-state index is 0.358. The van der Waals surface area contributed by atoms with Gasteiger partial charge in [0.2, 0.25) is 0 Å². The van der Waals surface area contributed by atoms with Crippen molar-refractivity contribution in [3.8, 4) is 0 Å². The summed E-state index contributed by atoms with van der Waals surface area (Å²) in [5.41, 5.74) is 3.11. The first kappa shape index (κ1) is 13.2. The van der Waals surface area contributed by atoms with Crippen LogP contribution in [0.15, 0.2) is 24.3 Å². The first-order valence-electron chi connectivity index (χ1n) is 6.22. The van der Waals surface area contributed by atoms with Crippen LogP contribution in [0, 0.1) is 12.3 Å². The molecule has 0 saturated carbocycles. The van der Waals surface area contributed by atoms with Gasteiger partial charge in [-0.2, -0.15) is 0 Å². The van der Waals surface area contributed by atoms with Gasteiger partial charge in [-0.3, -0.25) is 0 Å². The van der Waals surface area contributed by atoms with Crippen LogP contribution < -0.4 is 5.32 Å². The van der Waals surface area contributed by atoms with E-state index < -0.39 is 0 Å². The third kappa shape index (κ3) is 4.36. The maximum absolute atomic E-state index is 3.58. The second-order valence-electron chi connectivity index (χ2n) is 5.79. The SMILES string of the molecule is CCNC(CC(C)(C)C)c1cccc(C)c1. The molecular formula is C15H25N. The van der Waals surface area contributed by atoms with Gasteiger partial charge in [-0.05, 0) is 30.9 Å². The highest BCUT2D eigenvalue weighted by atomic mass is 14.9. The minimum atomic E-state index is 0.358. The van der Waals surface area contributed by atoms with E-state index in [0.29, 0.717) is 11.5 Å². The summed E-state index contributed by atoms with van der Waals surface area (Å²) >= 11 is 0. The van der Waals surface area contributed by atoms with E-state index >= 15 is 0 Å². The van der Waals surface area contributed by atoms with E-state index in [2.05, 4.69) is 64.2 Å². The van der Waals surface area contributed by atoms with E-state index in [0.717, 1.165) is 6.54 Å².